The van der Waals surface area contributed by atoms with E-state index in [0.29, 0.717) is 0 Å². The number of aliphatic imine (C=N–C) groups is 1. The summed E-state index contributed by atoms with van der Waals surface area (Å²) in [6.07, 6.45) is 5.40. The van der Waals surface area contributed by atoms with E-state index in [1.54, 1.807) is 7.05 Å². The third-order valence-corrected chi connectivity index (χ3v) is 3.89. The third kappa shape index (κ3) is 7.21. The summed E-state index contributed by atoms with van der Waals surface area (Å²) in [4.78, 5) is 11.1. The smallest absolute Gasteiger partial charge is 0.191 e. The number of hydrogen-bond acceptors (Lipinski definition) is 4. The van der Waals surface area contributed by atoms with Crippen molar-refractivity contribution in [3.05, 3.63) is 23.9 Å². The third-order valence-electron chi connectivity index (χ3n) is 3.89. The van der Waals surface area contributed by atoms with Gasteiger partial charge in [-0.05, 0) is 43.9 Å². The molecule has 1 aromatic rings. The van der Waals surface area contributed by atoms with Crippen molar-refractivity contribution in [1.29, 1.82) is 0 Å². The second-order valence-electron chi connectivity index (χ2n) is 5.62. The predicted octanol–water partition coefficient (Wildman–Crippen LogP) is 2.39. The van der Waals surface area contributed by atoms with Crippen LogP contribution in [-0.4, -0.2) is 50.8 Å². The van der Waals surface area contributed by atoms with Gasteiger partial charge in [-0.15, -0.1) is 24.0 Å². The first-order chi connectivity index (χ1) is 11.3. The number of rotatable bonds is 8. The number of pyridine rings is 1. The van der Waals surface area contributed by atoms with E-state index >= 15 is 0 Å². The summed E-state index contributed by atoms with van der Waals surface area (Å²) in [5, 5.41) is 6.65. The normalized spacial score (nSPS) is 14.4. The molecule has 24 heavy (non-hydrogen) atoms. The molecule has 7 heteroatoms. The Balaban J connectivity index is 0.00000288. The zero-order valence-corrected chi connectivity index (χ0v) is 17.1. The summed E-state index contributed by atoms with van der Waals surface area (Å²) >= 11 is 0. The molecular formula is C17H30IN5O. The molecule has 2 rings (SSSR count). The highest BCUT2D eigenvalue weighted by atomic mass is 127. The van der Waals surface area contributed by atoms with E-state index in [-0.39, 0.29) is 24.0 Å². The van der Waals surface area contributed by atoms with E-state index in [2.05, 4.69) is 37.6 Å². The van der Waals surface area contributed by atoms with Gasteiger partial charge in [0.25, 0.3) is 0 Å². The van der Waals surface area contributed by atoms with E-state index in [9.17, 15) is 0 Å². The molecule has 6 nitrogen and oxygen atoms in total. The second-order valence-corrected chi connectivity index (χ2v) is 5.62. The van der Waals surface area contributed by atoms with Crippen LogP contribution in [0.1, 0.15) is 31.7 Å². The lowest BCUT2D eigenvalue weighted by Crippen LogP contribution is -2.37. The van der Waals surface area contributed by atoms with Gasteiger partial charge in [-0.2, -0.15) is 0 Å². The molecule has 0 amide bonds. The van der Waals surface area contributed by atoms with Crippen LogP contribution in [0, 0.1) is 0 Å². The van der Waals surface area contributed by atoms with Gasteiger partial charge in [0, 0.05) is 52.6 Å². The van der Waals surface area contributed by atoms with Crippen molar-refractivity contribution in [2.24, 2.45) is 4.99 Å². The van der Waals surface area contributed by atoms with Gasteiger partial charge < -0.3 is 20.3 Å². The largest absolute Gasteiger partial charge is 0.382 e. The summed E-state index contributed by atoms with van der Waals surface area (Å²) < 4.78 is 5.33. The zero-order valence-electron chi connectivity index (χ0n) is 14.8. The van der Waals surface area contributed by atoms with Crippen molar-refractivity contribution < 1.29 is 4.74 Å². The predicted molar refractivity (Wildman–Crippen MR) is 110 cm³/mol. The van der Waals surface area contributed by atoms with Crippen molar-refractivity contribution in [3.8, 4) is 0 Å². The van der Waals surface area contributed by atoms with Gasteiger partial charge in [0.2, 0.25) is 0 Å². The van der Waals surface area contributed by atoms with Gasteiger partial charge in [0.15, 0.2) is 5.96 Å². The van der Waals surface area contributed by atoms with Gasteiger partial charge in [-0.25, -0.2) is 4.98 Å². The highest BCUT2D eigenvalue weighted by Gasteiger charge is 2.13. The van der Waals surface area contributed by atoms with E-state index in [0.717, 1.165) is 57.6 Å². The Labute approximate surface area is 162 Å². The summed E-state index contributed by atoms with van der Waals surface area (Å²) in [6.45, 7) is 7.40. The lowest BCUT2D eigenvalue weighted by Gasteiger charge is -2.17. The highest BCUT2D eigenvalue weighted by Crippen LogP contribution is 2.18. The minimum Gasteiger partial charge on any atom is -0.382 e. The summed E-state index contributed by atoms with van der Waals surface area (Å²) in [6, 6.07) is 4.22. The van der Waals surface area contributed by atoms with Gasteiger partial charge in [0.05, 0.1) is 0 Å². The number of hydrogen-bond donors (Lipinski definition) is 2. The van der Waals surface area contributed by atoms with Gasteiger partial charge in [-0.3, -0.25) is 4.99 Å². The molecule has 0 atom stereocenters. The first-order valence-corrected chi connectivity index (χ1v) is 8.55. The van der Waals surface area contributed by atoms with Crippen LogP contribution in [-0.2, 0) is 11.3 Å². The first-order valence-electron chi connectivity index (χ1n) is 8.55. The van der Waals surface area contributed by atoms with Crippen molar-refractivity contribution in [2.45, 2.75) is 32.7 Å². The lowest BCUT2D eigenvalue weighted by molar-refractivity contribution is 0.145. The Morgan fingerprint density at radius 2 is 2.12 bits per heavy atom. The van der Waals surface area contributed by atoms with Crippen LogP contribution in [0.15, 0.2) is 23.3 Å². The number of guanidine groups is 1. The molecule has 2 heterocycles. The maximum atomic E-state index is 5.33. The maximum Gasteiger partial charge on any atom is 0.191 e. The quantitative estimate of drug-likeness (QED) is 0.278. The monoisotopic (exact) mass is 447 g/mol. The number of ether oxygens (including phenoxy) is 1. The maximum absolute atomic E-state index is 5.33. The average Bonchev–Trinajstić information content (AvgIpc) is 3.12. The molecule has 1 fully saturated rings. The van der Waals surface area contributed by atoms with Gasteiger partial charge in [-0.1, -0.05) is 0 Å². The van der Waals surface area contributed by atoms with Crippen LogP contribution in [0.2, 0.25) is 0 Å². The fraction of sp³-hybridized carbons (Fsp3) is 0.647. The summed E-state index contributed by atoms with van der Waals surface area (Å²) in [7, 11) is 1.79. The molecule has 0 aromatic carbocycles. The van der Waals surface area contributed by atoms with E-state index in [1.165, 1.54) is 18.4 Å². The molecule has 1 aromatic heterocycles. The fourth-order valence-corrected chi connectivity index (χ4v) is 2.62. The molecule has 1 aliphatic heterocycles. The molecule has 2 N–H and O–H groups in total. The minimum atomic E-state index is 0. The van der Waals surface area contributed by atoms with Gasteiger partial charge in [0.1, 0.15) is 5.82 Å². The minimum absolute atomic E-state index is 0. The Hall–Kier alpha value is -1.09. The number of anilines is 1. The molecule has 0 saturated carbocycles. The van der Waals surface area contributed by atoms with Crippen LogP contribution < -0.4 is 15.5 Å². The molecule has 1 aliphatic rings. The van der Waals surface area contributed by atoms with Crippen molar-refractivity contribution >= 4 is 35.8 Å². The van der Waals surface area contributed by atoms with Crippen LogP contribution in [0.3, 0.4) is 0 Å². The Morgan fingerprint density at radius 1 is 1.33 bits per heavy atom. The average molecular weight is 447 g/mol. The van der Waals surface area contributed by atoms with E-state index < -0.39 is 0 Å². The van der Waals surface area contributed by atoms with E-state index in [1.807, 2.05) is 13.1 Å². The van der Waals surface area contributed by atoms with Crippen LogP contribution in [0.5, 0.6) is 0 Å². The van der Waals surface area contributed by atoms with Crippen molar-refractivity contribution in [2.75, 3.05) is 44.8 Å². The van der Waals surface area contributed by atoms with Crippen LogP contribution in [0.25, 0.3) is 0 Å². The molecule has 0 radical (unpaired) electrons. The molecule has 1 saturated heterocycles. The first kappa shape index (κ1) is 21.0. The van der Waals surface area contributed by atoms with Crippen LogP contribution >= 0.6 is 24.0 Å². The Morgan fingerprint density at radius 3 is 2.83 bits per heavy atom. The highest BCUT2D eigenvalue weighted by molar-refractivity contribution is 14.0. The number of aromatic nitrogens is 1. The molecule has 0 bridgehead atoms. The second kappa shape index (κ2) is 12.3. The van der Waals surface area contributed by atoms with Gasteiger partial charge >= 0.3 is 0 Å². The number of halogens is 1. The number of nitrogens with zero attached hydrogens (tertiary/aromatic N) is 3. The lowest BCUT2D eigenvalue weighted by atomic mass is 10.2. The summed E-state index contributed by atoms with van der Waals surface area (Å²) in [5.74, 6) is 1.91. The molecule has 0 spiro atoms. The van der Waals surface area contributed by atoms with Crippen LogP contribution in [0.4, 0.5) is 5.82 Å². The number of nitrogens with one attached hydrogen (secondary N) is 2. The van der Waals surface area contributed by atoms with E-state index in [4.69, 9.17) is 4.74 Å². The fourth-order valence-electron chi connectivity index (χ4n) is 2.62. The standard InChI is InChI=1S/C17H29N5O.HI/c1-3-23-12-6-8-20-17(18-2)21-14-15-7-9-19-16(13-15)22-10-4-5-11-22;/h7,9,13H,3-6,8,10-12,14H2,1-2H3,(H2,18,20,21);1H. The molecule has 0 unspecified atom stereocenters. The molecular weight excluding hydrogens is 417 g/mol. The van der Waals surface area contributed by atoms with Crippen molar-refractivity contribution in [3.63, 3.8) is 0 Å². The SMILES string of the molecule is CCOCCCNC(=NC)NCc1ccnc(N2CCCC2)c1.I. The molecule has 136 valence electrons. The molecule has 0 aliphatic carbocycles. The zero-order chi connectivity index (χ0) is 16.3. The Kier molecular flexibility index (Phi) is 10.7. The Bertz CT molecular complexity index is 492. The summed E-state index contributed by atoms with van der Waals surface area (Å²) in [5.41, 5.74) is 1.22. The topological polar surface area (TPSA) is 61.8 Å². The van der Waals surface area contributed by atoms with Crippen molar-refractivity contribution in [1.82, 2.24) is 15.6 Å².